The lowest BCUT2D eigenvalue weighted by Crippen LogP contribution is -2.23. The zero-order chi connectivity index (χ0) is 24.0. The monoisotopic (exact) mass is 480 g/mol. The average Bonchev–Trinajstić information content (AvgIpc) is 3.29. The number of halogens is 1. The zero-order valence-electron chi connectivity index (χ0n) is 18.6. The molecule has 0 unspecified atom stereocenters. The summed E-state index contributed by atoms with van der Waals surface area (Å²) in [6, 6.07) is 25.5. The number of H-pyrrole nitrogens is 1. The minimum atomic E-state index is -0.322. The topological polar surface area (TPSA) is 70.7 Å². The molecule has 1 amide bonds. The number of rotatable bonds is 7. The number of benzene rings is 3. The van der Waals surface area contributed by atoms with Crippen molar-refractivity contribution in [2.45, 2.75) is 16.3 Å². The van der Waals surface area contributed by atoms with Crippen molar-refractivity contribution in [3.63, 3.8) is 0 Å². The first kappa shape index (κ1) is 22.6. The number of amides is 1. The van der Waals surface area contributed by atoms with E-state index in [1.807, 2.05) is 66.7 Å². The van der Waals surface area contributed by atoms with Crippen LogP contribution in [0.5, 0.6) is 0 Å². The van der Waals surface area contributed by atoms with E-state index in [0.717, 1.165) is 32.1 Å². The SMILES string of the molecule is O=C(NCc1cccc(F)c1)c1ccccc1Sc1ccc2c(/C=C/c3ccccn3)n[nH]c2c1. The number of hydrogen-bond acceptors (Lipinski definition) is 4. The smallest absolute Gasteiger partial charge is 0.252 e. The average molecular weight is 481 g/mol. The van der Waals surface area contributed by atoms with E-state index in [4.69, 9.17) is 0 Å². The van der Waals surface area contributed by atoms with Crippen LogP contribution in [0.25, 0.3) is 23.1 Å². The van der Waals surface area contributed by atoms with Crippen LogP contribution in [-0.4, -0.2) is 21.1 Å². The second kappa shape index (κ2) is 10.4. The van der Waals surface area contributed by atoms with Crippen molar-refractivity contribution in [1.29, 1.82) is 0 Å². The predicted octanol–water partition coefficient (Wildman–Crippen LogP) is 6.35. The maximum atomic E-state index is 13.4. The molecule has 172 valence electrons. The van der Waals surface area contributed by atoms with E-state index >= 15 is 0 Å². The van der Waals surface area contributed by atoms with E-state index in [2.05, 4.69) is 20.5 Å². The molecule has 5 aromatic rings. The fourth-order valence-corrected chi connectivity index (χ4v) is 4.63. The lowest BCUT2D eigenvalue weighted by molar-refractivity contribution is 0.0948. The highest BCUT2D eigenvalue weighted by Gasteiger charge is 2.13. The Morgan fingerprint density at radius 2 is 1.86 bits per heavy atom. The molecule has 0 aliphatic heterocycles. The van der Waals surface area contributed by atoms with Crippen LogP contribution in [0, 0.1) is 5.82 Å². The van der Waals surface area contributed by atoms with Crippen molar-refractivity contribution in [2.24, 2.45) is 0 Å². The molecule has 35 heavy (non-hydrogen) atoms. The summed E-state index contributed by atoms with van der Waals surface area (Å²) in [6.45, 7) is 0.254. The molecule has 0 saturated heterocycles. The van der Waals surface area contributed by atoms with E-state index in [1.54, 1.807) is 24.4 Å². The van der Waals surface area contributed by atoms with Crippen molar-refractivity contribution in [3.8, 4) is 0 Å². The highest BCUT2D eigenvalue weighted by atomic mass is 32.2. The number of fused-ring (bicyclic) bond motifs is 1. The van der Waals surface area contributed by atoms with Crippen molar-refractivity contribution < 1.29 is 9.18 Å². The molecular weight excluding hydrogens is 459 g/mol. The number of hydrogen-bond donors (Lipinski definition) is 2. The Morgan fingerprint density at radius 1 is 0.971 bits per heavy atom. The molecule has 5 rings (SSSR count). The van der Waals surface area contributed by atoms with Crippen LogP contribution in [-0.2, 0) is 6.54 Å². The molecule has 0 atom stereocenters. The number of carbonyl (C=O) groups excluding carboxylic acids is 1. The van der Waals surface area contributed by atoms with Crippen LogP contribution in [0.4, 0.5) is 4.39 Å². The Balaban J connectivity index is 1.32. The Bertz CT molecular complexity index is 1510. The Morgan fingerprint density at radius 3 is 2.71 bits per heavy atom. The molecule has 2 aromatic heterocycles. The van der Waals surface area contributed by atoms with Gasteiger partial charge in [-0.2, -0.15) is 5.10 Å². The van der Waals surface area contributed by atoms with E-state index in [0.29, 0.717) is 11.1 Å². The maximum Gasteiger partial charge on any atom is 0.252 e. The first-order chi connectivity index (χ1) is 17.2. The number of pyridine rings is 1. The molecular formula is C28H21FN4OS. The summed E-state index contributed by atoms with van der Waals surface area (Å²) in [4.78, 5) is 19.0. The molecule has 5 nitrogen and oxygen atoms in total. The van der Waals surface area contributed by atoms with Gasteiger partial charge in [0.25, 0.3) is 5.91 Å². The summed E-state index contributed by atoms with van der Waals surface area (Å²) in [5, 5.41) is 11.4. The van der Waals surface area contributed by atoms with Crippen LogP contribution in [0.2, 0.25) is 0 Å². The van der Waals surface area contributed by atoms with Gasteiger partial charge in [0.1, 0.15) is 5.82 Å². The number of aromatic amines is 1. The second-order valence-corrected chi connectivity index (χ2v) is 8.93. The number of aromatic nitrogens is 3. The summed E-state index contributed by atoms with van der Waals surface area (Å²) in [5.41, 5.74) is 3.88. The quantitative estimate of drug-likeness (QED) is 0.285. The summed E-state index contributed by atoms with van der Waals surface area (Å²) >= 11 is 1.50. The van der Waals surface area contributed by atoms with Gasteiger partial charge in [0.2, 0.25) is 0 Å². The number of carbonyl (C=O) groups is 1. The largest absolute Gasteiger partial charge is 0.348 e. The first-order valence-electron chi connectivity index (χ1n) is 11.0. The van der Waals surface area contributed by atoms with Gasteiger partial charge in [-0.15, -0.1) is 0 Å². The first-order valence-corrected chi connectivity index (χ1v) is 11.8. The summed E-state index contributed by atoms with van der Waals surface area (Å²) < 4.78 is 13.4. The summed E-state index contributed by atoms with van der Waals surface area (Å²) in [5.74, 6) is -0.529. The summed E-state index contributed by atoms with van der Waals surface area (Å²) in [6.07, 6.45) is 5.62. The predicted molar refractivity (Wildman–Crippen MR) is 137 cm³/mol. The minimum absolute atomic E-state index is 0.207. The molecule has 0 radical (unpaired) electrons. The molecule has 2 N–H and O–H groups in total. The summed E-state index contributed by atoms with van der Waals surface area (Å²) in [7, 11) is 0. The molecule has 0 spiro atoms. The van der Waals surface area contributed by atoms with Crippen molar-refractivity contribution >= 4 is 40.7 Å². The van der Waals surface area contributed by atoms with E-state index in [1.165, 1.54) is 23.9 Å². The molecule has 0 bridgehead atoms. The minimum Gasteiger partial charge on any atom is -0.348 e. The molecule has 0 fully saturated rings. The van der Waals surface area contributed by atoms with Gasteiger partial charge in [0.05, 0.1) is 22.5 Å². The molecule has 0 aliphatic rings. The van der Waals surface area contributed by atoms with Crippen molar-refractivity contribution in [1.82, 2.24) is 20.5 Å². The van der Waals surface area contributed by atoms with Crippen LogP contribution in [0.1, 0.15) is 27.3 Å². The maximum absolute atomic E-state index is 13.4. The molecule has 0 aliphatic carbocycles. The zero-order valence-corrected chi connectivity index (χ0v) is 19.4. The van der Waals surface area contributed by atoms with Gasteiger partial charge in [-0.3, -0.25) is 14.9 Å². The Labute approximate surface area is 206 Å². The van der Waals surface area contributed by atoms with Gasteiger partial charge in [-0.05, 0) is 72.3 Å². The second-order valence-electron chi connectivity index (χ2n) is 7.81. The number of nitrogens with zero attached hydrogens (tertiary/aromatic N) is 2. The number of nitrogens with one attached hydrogen (secondary N) is 2. The van der Waals surface area contributed by atoms with Crippen molar-refractivity contribution in [3.05, 3.63) is 119 Å². The highest BCUT2D eigenvalue weighted by Crippen LogP contribution is 2.33. The molecule has 7 heteroatoms. The Hall–Kier alpha value is -4.23. The standard InChI is InChI=1S/C28H21FN4OS/c29-20-7-5-6-19(16-20)18-31-28(34)24-9-1-2-10-27(24)35-22-12-13-23-25(32-33-26(23)17-22)14-11-21-8-3-4-15-30-21/h1-17H,18H2,(H,31,34)(H,32,33)/b14-11+. The lowest BCUT2D eigenvalue weighted by atomic mass is 10.2. The third-order valence-corrected chi connectivity index (χ3v) is 6.43. The van der Waals surface area contributed by atoms with Crippen LogP contribution >= 0.6 is 11.8 Å². The third kappa shape index (κ3) is 5.47. The molecule has 3 aromatic carbocycles. The highest BCUT2D eigenvalue weighted by molar-refractivity contribution is 7.99. The lowest BCUT2D eigenvalue weighted by Gasteiger charge is -2.10. The fraction of sp³-hybridized carbons (Fsp3) is 0.0357. The van der Waals surface area contributed by atoms with Crippen molar-refractivity contribution in [2.75, 3.05) is 0 Å². The Kier molecular flexibility index (Phi) is 6.68. The van der Waals surface area contributed by atoms with Gasteiger partial charge < -0.3 is 5.32 Å². The van der Waals surface area contributed by atoms with Gasteiger partial charge in [0.15, 0.2) is 0 Å². The van der Waals surface area contributed by atoms with Gasteiger partial charge in [0, 0.05) is 27.9 Å². The van der Waals surface area contributed by atoms with Crippen LogP contribution in [0.3, 0.4) is 0 Å². The van der Waals surface area contributed by atoms with E-state index in [9.17, 15) is 9.18 Å². The molecule has 0 saturated carbocycles. The van der Waals surface area contributed by atoms with Crippen LogP contribution in [0.15, 0.2) is 101 Å². The normalized spacial score (nSPS) is 11.2. The molecule has 2 heterocycles. The van der Waals surface area contributed by atoms with Gasteiger partial charge >= 0.3 is 0 Å². The van der Waals surface area contributed by atoms with Gasteiger partial charge in [-0.25, -0.2) is 4.39 Å². The van der Waals surface area contributed by atoms with E-state index in [-0.39, 0.29) is 18.3 Å². The van der Waals surface area contributed by atoms with Crippen LogP contribution < -0.4 is 5.32 Å². The van der Waals surface area contributed by atoms with E-state index < -0.39 is 0 Å². The fourth-order valence-electron chi connectivity index (χ4n) is 3.64. The van der Waals surface area contributed by atoms with Gasteiger partial charge in [-0.1, -0.05) is 42.1 Å². The third-order valence-electron chi connectivity index (χ3n) is 5.37.